The van der Waals surface area contributed by atoms with E-state index in [0.29, 0.717) is 0 Å². The Labute approximate surface area is 195 Å². The first kappa shape index (κ1) is 23.1. The standard InChI is InChI=1S/C28H28O4Si/c29-17-21-1-9-25(10-2-21)33(26-11-3-22(18-30)4-12-26,27-13-5-23(19-31)6-14-27)28-15-7-24(20-32)8-16-28/h1-16,29-32H,17-20H2. The van der Waals surface area contributed by atoms with Gasteiger partial charge in [0.25, 0.3) is 0 Å². The lowest BCUT2D eigenvalue weighted by molar-refractivity contribution is 0.281. The SMILES string of the molecule is OCc1ccc([Si](c2ccc(CO)cc2)(c2ccc(CO)cc2)c2ccc(CO)cc2)cc1. The van der Waals surface area contributed by atoms with Crippen molar-refractivity contribution < 1.29 is 20.4 Å². The molecule has 0 amide bonds. The second-order valence-electron chi connectivity index (χ2n) is 8.17. The number of aliphatic hydroxyl groups is 4. The largest absolute Gasteiger partial charge is 0.392 e. The van der Waals surface area contributed by atoms with Crippen LogP contribution in [0.3, 0.4) is 0 Å². The van der Waals surface area contributed by atoms with Crippen LogP contribution in [0.25, 0.3) is 0 Å². The molecule has 4 aromatic rings. The Hall–Kier alpha value is -3.06. The summed E-state index contributed by atoms with van der Waals surface area (Å²) in [6.45, 7) is -0.0697. The minimum Gasteiger partial charge on any atom is -0.392 e. The average molecular weight is 457 g/mol. The Balaban J connectivity index is 2.05. The molecule has 0 spiro atoms. The number of hydrogen-bond donors (Lipinski definition) is 4. The van der Waals surface area contributed by atoms with E-state index in [0.717, 1.165) is 43.0 Å². The van der Waals surface area contributed by atoms with Gasteiger partial charge in [0.2, 0.25) is 0 Å². The van der Waals surface area contributed by atoms with Gasteiger partial charge in [-0.25, -0.2) is 0 Å². The highest BCUT2D eigenvalue weighted by atomic mass is 28.3. The van der Waals surface area contributed by atoms with Gasteiger partial charge in [0.15, 0.2) is 8.07 Å². The van der Waals surface area contributed by atoms with Crippen molar-refractivity contribution in [1.82, 2.24) is 0 Å². The molecular formula is C28H28O4Si. The fraction of sp³-hybridized carbons (Fsp3) is 0.143. The molecule has 0 saturated heterocycles. The van der Waals surface area contributed by atoms with Crippen molar-refractivity contribution in [1.29, 1.82) is 0 Å². The maximum Gasteiger partial charge on any atom is 0.179 e. The highest BCUT2D eigenvalue weighted by Gasteiger charge is 2.41. The monoisotopic (exact) mass is 456 g/mol. The highest BCUT2D eigenvalue weighted by molar-refractivity contribution is 7.19. The van der Waals surface area contributed by atoms with Crippen LogP contribution in [0.15, 0.2) is 97.1 Å². The molecule has 0 aliphatic heterocycles. The van der Waals surface area contributed by atoms with Gasteiger partial charge >= 0.3 is 0 Å². The Morgan fingerprint density at radius 2 is 0.515 bits per heavy atom. The molecule has 0 saturated carbocycles. The van der Waals surface area contributed by atoms with Gasteiger partial charge in [-0.3, -0.25) is 0 Å². The molecule has 0 radical (unpaired) electrons. The van der Waals surface area contributed by atoms with E-state index in [4.69, 9.17) is 0 Å². The van der Waals surface area contributed by atoms with E-state index >= 15 is 0 Å². The second-order valence-corrected chi connectivity index (χ2v) is 12.0. The fourth-order valence-corrected chi connectivity index (χ4v) is 9.11. The van der Waals surface area contributed by atoms with Crippen LogP contribution in [0.2, 0.25) is 0 Å². The molecular weight excluding hydrogens is 428 g/mol. The summed E-state index contributed by atoms with van der Waals surface area (Å²) in [4.78, 5) is 0. The fourth-order valence-electron chi connectivity index (χ4n) is 4.44. The van der Waals surface area contributed by atoms with Crippen molar-refractivity contribution in [2.45, 2.75) is 26.4 Å². The Morgan fingerprint density at radius 1 is 0.333 bits per heavy atom. The minimum absolute atomic E-state index is 0.0174. The van der Waals surface area contributed by atoms with Gasteiger partial charge < -0.3 is 20.4 Å². The van der Waals surface area contributed by atoms with Crippen molar-refractivity contribution in [3.05, 3.63) is 119 Å². The zero-order valence-corrected chi connectivity index (χ0v) is 19.4. The molecule has 168 valence electrons. The third-order valence-electron chi connectivity index (χ3n) is 6.28. The van der Waals surface area contributed by atoms with E-state index in [1.54, 1.807) is 0 Å². The third-order valence-corrected chi connectivity index (χ3v) is 11.1. The summed E-state index contributed by atoms with van der Waals surface area (Å²) in [6, 6.07) is 32.5. The first-order valence-corrected chi connectivity index (χ1v) is 13.0. The summed E-state index contributed by atoms with van der Waals surface area (Å²) in [6.07, 6.45) is 0. The molecule has 0 unspecified atom stereocenters. The van der Waals surface area contributed by atoms with Gasteiger partial charge in [0, 0.05) is 0 Å². The van der Waals surface area contributed by atoms with Crippen LogP contribution in [-0.4, -0.2) is 28.5 Å². The summed E-state index contributed by atoms with van der Waals surface area (Å²) in [5.74, 6) is 0. The van der Waals surface area contributed by atoms with E-state index in [2.05, 4.69) is 48.5 Å². The topological polar surface area (TPSA) is 80.9 Å². The van der Waals surface area contributed by atoms with Crippen LogP contribution in [0, 0.1) is 0 Å². The molecule has 4 aromatic carbocycles. The lowest BCUT2D eigenvalue weighted by atomic mass is 10.2. The Morgan fingerprint density at radius 3 is 0.667 bits per heavy atom. The molecule has 0 fully saturated rings. The lowest BCUT2D eigenvalue weighted by Crippen LogP contribution is -2.74. The van der Waals surface area contributed by atoms with Crippen LogP contribution in [0.5, 0.6) is 0 Å². The van der Waals surface area contributed by atoms with E-state index in [9.17, 15) is 20.4 Å². The van der Waals surface area contributed by atoms with E-state index in [-0.39, 0.29) is 26.4 Å². The molecule has 5 heteroatoms. The second kappa shape index (κ2) is 10.3. The van der Waals surface area contributed by atoms with Gasteiger partial charge in [0.05, 0.1) is 26.4 Å². The summed E-state index contributed by atoms with van der Waals surface area (Å²) < 4.78 is 0. The smallest absolute Gasteiger partial charge is 0.179 e. The molecule has 0 atom stereocenters. The molecule has 0 bridgehead atoms. The quantitative estimate of drug-likeness (QED) is 0.236. The maximum absolute atomic E-state index is 9.60. The molecule has 0 aromatic heterocycles. The van der Waals surface area contributed by atoms with Gasteiger partial charge in [-0.15, -0.1) is 0 Å². The number of benzene rings is 4. The van der Waals surface area contributed by atoms with E-state index in [1.165, 1.54) is 0 Å². The van der Waals surface area contributed by atoms with Crippen molar-refractivity contribution in [2.75, 3.05) is 0 Å². The molecule has 33 heavy (non-hydrogen) atoms. The van der Waals surface area contributed by atoms with Crippen molar-refractivity contribution >= 4 is 28.8 Å². The van der Waals surface area contributed by atoms with E-state index < -0.39 is 8.07 Å². The minimum atomic E-state index is -2.77. The number of aliphatic hydroxyl groups excluding tert-OH is 4. The summed E-state index contributed by atoms with van der Waals surface area (Å²) in [7, 11) is -2.77. The predicted molar refractivity (Wildman–Crippen MR) is 134 cm³/mol. The molecule has 0 heterocycles. The summed E-state index contributed by atoms with van der Waals surface area (Å²) >= 11 is 0. The third kappa shape index (κ3) is 4.42. The summed E-state index contributed by atoms with van der Waals surface area (Å²) in [5.41, 5.74) is 3.40. The van der Waals surface area contributed by atoms with Gasteiger partial charge in [0.1, 0.15) is 0 Å². The van der Waals surface area contributed by atoms with Crippen LogP contribution >= 0.6 is 0 Å². The van der Waals surface area contributed by atoms with Crippen LogP contribution in [0.1, 0.15) is 22.3 Å². The zero-order chi connectivity index (χ0) is 23.3. The average Bonchev–Trinajstić information content (AvgIpc) is 2.90. The number of hydrogen-bond acceptors (Lipinski definition) is 4. The van der Waals surface area contributed by atoms with Crippen LogP contribution in [-0.2, 0) is 26.4 Å². The first-order valence-electron chi connectivity index (χ1n) is 11.0. The zero-order valence-electron chi connectivity index (χ0n) is 18.4. The lowest BCUT2D eigenvalue weighted by Gasteiger charge is -2.35. The summed E-state index contributed by atoms with van der Waals surface area (Å²) in [5, 5.41) is 43.0. The van der Waals surface area contributed by atoms with Crippen LogP contribution in [0.4, 0.5) is 0 Å². The van der Waals surface area contributed by atoms with Crippen molar-refractivity contribution in [2.24, 2.45) is 0 Å². The Bertz CT molecular complexity index is 973. The highest BCUT2D eigenvalue weighted by Crippen LogP contribution is 2.13. The van der Waals surface area contributed by atoms with Gasteiger partial charge in [-0.05, 0) is 43.0 Å². The van der Waals surface area contributed by atoms with Gasteiger partial charge in [-0.1, -0.05) is 97.1 Å². The van der Waals surface area contributed by atoms with E-state index in [1.807, 2.05) is 48.5 Å². The first-order chi connectivity index (χ1) is 16.1. The Kier molecular flexibility index (Phi) is 7.18. The predicted octanol–water partition coefficient (Wildman–Crippen LogP) is 1.03. The molecule has 4 rings (SSSR count). The molecule has 4 nitrogen and oxygen atoms in total. The molecule has 0 aliphatic carbocycles. The maximum atomic E-state index is 9.60. The molecule has 4 N–H and O–H groups in total. The number of rotatable bonds is 8. The van der Waals surface area contributed by atoms with Gasteiger partial charge in [-0.2, -0.15) is 0 Å². The van der Waals surface area contributed by atoms with Crippen molar-refractivity contribution in [3.63, 3.8) is 0 Å². The normalized spacial score (nSPS) is 11.5. The van der Waals surface area contributed by atoms with Crippen LogP contribution < -0.4 is 20.7 Å². The molecule has 0 aliphatic rings. The van der Waals surface area contributed by atoms with Crippen molar-refractivity contribution in [3.8, 4) is 0 Å².